The second-order valence-corrected chi connectivity index (χ2v) is 7.85. The van der Waals surface area contributed by atoms with Crippen molar-refractivity contribution in [2.75, 3.05) is 24.5 Å². The Kier molecular flexibility index (Phi) is 3.85. The average molecular weight is 354 g/mol. The maximum absolute atomic E-state index is 11.9. The second kappa shape index (κ2) is 6.23. The van der Waals surface area contributed by atoms with Gasteiger partial charge < -0.3 is 4.90 Å². The third kappa shape index (κ3) is 2.65. The number of hydrogen-bond donors (Lipinski definition) is 0. The summed E-state index contributed by atoms with van der Waals surface area (Å²) in [6.45, 7) is 3.90. The Balaban J connectivity index is 1.27. The van der Waals surface area contributed by atoms with Crippen molar-refractivity contribution < 1.29 is 4.79 Å². The van der Waals surface area contributed by atoms with Gasteiger partial charge in [0.25, 0.3) is 0 Å². The Morgan fingerprint density at radius 1 is 1.19 bits per heavy atom. The molecule has 2 aromatic heterocycles. The molecule has 138 valence electrons. The Morgan fingerprint density at radius 3 is 2.96 bits per heavy atom. The summed E-state index contributed by atoms with van der Waals surface area (Å²) in [7, 11) is 2.08. The predicted octanol–water partition coefficient (Wildman–Crippen LogP) is 1.68. The number of carbonyl (C=O) groups excluding carboxylic acids is 1. The molecule has 1 atom stereocenters. The van der Waals surface area contributed by atoms with Crippen molar-refractivity contribution in [3.8, 4) is 0 Å². The molecule has 0 radical (unpaired) electrons. The summed E-state index contributed by atoms with van der Waals surface area (Å²) in [5, 5.41) is 9.26. The van der Waals surface area contributed by atoms with Crippen molar-refractivity contribution >= 4 is 11.6 Å². The Hall–Kier alpha value is -2.15. The molecular weight excluding hydrogens is 328 g/mol. The highest BCUT2D eigenvalue weighted by atomic mass is 16.2. The lowest BCUT2D eigenvalue weighted by Gasteiger charge is -2.17. The summed E-state index contributed by atoms with van der Waals surface area (Å²) >= 11 is 0. The third-order valence-corrected chi connectivity index (χ3v) is 6.17. The van der Waals surface area contributed by atoms with Crippen LogP contribution in [0.5, 0.6) is 0 Å². The molecular formula is C19H26N6O. The molecule has 0 bridgehead atoms. The van der Waals surface area contributed by atoms with E-state index in [0.29, 0.717) is 12.5 Å². The van der Waals surface area contributed by atoms with Crippen LogP contribution in [0.15, 0.2) is 12.4 Å². The molecule has 0 saturated carbocycles. The van der Waals surface area contributed by atoms with Crippen LogP contribution in [-0.2, 0) is 31.2 Å². The predicted molar refractivity (Wildman–Crippen MR) is 98.0 cm³/mol. The number of nitrogens with zero attached hydrogens (tertiary/aromatic N) is 6. The molecule has 1 unspecified atom stereocenters. The molecule has 0 N–H and O–H groups in total. The molecule has 2 saturated heterocycles. The largest absolute Gasteiger partial charge is 0.309 e. The van der Waals surface area contributed by atoms with Gasteiger partial charge in [-0.2, -0.15) is 10.2 Å². The maximum Gasteiger partial charge on any atom is 0.227 e. The van der Waals surface area contributed by atoms with E-state index in [4.69, 9.17) is 5.10 Å². The molecule has 1 aliphatic carbocycles. The van der Waals surface area contributed by atoms with Crippen molar-refractivity contribution in [2.45, 2.75) is 51.1 Å². The highest BCUT2D eigenvalue weighted by molar-refractivity contribution is 5.95. The average Bonchev–Trinajstić information content (AvgIpc) is 3.39. The van der Waals surface area contributed by atoms with E-state index in [2.05, 4.69) is 32.6 Å². The molecule has 2 fully saturated rings. The van der Waals surface area contributed by atoms with E-state index in [1.54, 1.807) is 0 Å². The van der Waals surface area contributed by atoms with Crippen LogP contribution < -0.4 is 4.90 Å². The van der Waals surface area contributed by atoms with Gasteiger partial charge in [-0.25, -0.2) is 0 Å². The Bertz CT molecular complexity index is 837. The molecule has 2 aliphatic heterocycles. The smallest absolute Gasteiger partial charge is 0.227 e. The lowest BCUT2D eigenvalue weighted by Crippen LogP contribution is -2.24. The quantitative estimate of drug-likeness (QED) is 0.838. The van der Waals surface area contributed by atoms with E-state index in [-0.39, 0.29) is 5.91 Å². The van der Waals surface area contributed by atoms with Gasteiger partial charge in [-0.05, 0) is 37.7 Å². The maximum atomic E-state index is 11.9. The molecule has 1 amide bonds. The normalized spacial score (nSPS) is 23.3. The van der Waals surface area contributed by atoms with Crippen LogP contribution in [-0.4, -0.2) is 50.0 Å². The number of amides is 1. The first-order valence-corrected chi connectivity index (χ1v) is 9.79. The fraction of sp³-hybridized carbons (Fsp3) is 0.632. The second-order valence-electron chi connectivity index (χ2n) is 7.85. The van der Waals surface area contributed by atoms with Gasteiger partial charge in [-0.3, -0.25) is 19.1 Å². The summed E-state index contributed by atoms with van der Waals surface area (Å²) in [6.07, 6.45) is 10.2. The van der Waals surface area contributed by atoms with Crippen LogP contribution >= 0.6 is 0 Å². The van der Waals surface area contributed by atoms with Crippen LogP contribution in [0, 0.1) is 0 Å². The van der Waals surface area contributed by atoms with Crippen LogP contribution in [0.1, 0.15) is 48.7 Å². The van der Waals surface area contributed by atoms with Crippen molar-refractivity contribution in [2.24, 2.45) is 7.05 Å². The highest BCUT2D eigenvalue weighted by Gasteiger charge is 2.29. The molecule has 0 aromatic carbocycles. The highest BCUT2D eigenvalue weighted by Crippen LogP contribution is 2.29. The first-order chi connectivity index (χ1) is 12.7. The number of aryl methyl sites for hydroxylation is 2. The van der Waals surface area contributed by atoms with E-state index in [0.717, 1.165) is 51.1 Å². The molecule has 7 heteroatoms. The SMILES string of the molecule is Cn1nc2c(c1CN1CCC(n3cc(N4CCCC4=O)cn3)C1)CCC2. The summed E-state index contributed by atoms with van der Waals surface area (Å²) in [5.74, 6) is 0.225. The Morgan fingerprint density at radius 2 is 2.12 bits per heavy atom. The van der Waals surface area contributed by atoms with Gasteiger partial charge in [-0.1, -0.05) is 0 Å². The fourth-order valence-corrected chi connectivity index (χ4v) is 4.76. The summed E-state index contributed by atoms with van der Waals surface area (Å²) in [4.78, 5) is 16.3. The van der Waals surface area contributed by atoms with Gasteiger partial charge in [0.05, 0.1) is 29.3 Å². The van der Waals surface area contributed by atoms with E-state index >= 15 is 0 Å². The lowest BCUT2D eigenvalue weighted by atomic mass is 10.2. The fourth-order valence-electron chi connectivity index (χ4n) is 4.76. The summed E-state index contributed by atoms with van der Waals surface area (Å²) in [5.41, 5.74) is 5.15. The molecule has 4 heterocycles. The minimum atomic E-state index is 0.225. The van der Waals surface area contributed by atoms with Gasteiger partial charge in [0, 0.05) is 45.8 Å². The summed E-state index contributed by atoms with van der Waals surface area (Å²) in [6, 6.07) is 0.391. The third-order valence-electron chi connectivity index (χ3n) is 6.17. The minimum absolute atomic E-state index is 0.225. The van der Waals surface area contributed by atoms with E-state index in [9.17, 15) is 4.79 Å². The van der Waals surface area contributed by atoms with E-state index in [1.807, 2.05) is 11.1 Å². The Labute approximate surface area is 153 Å². The molecule has 5 rings (SSSR count). The number of rotatable bonds is 4. The van der Waals surface area contributed by atoms with Gasteiger partial charge in [0.15, 0.2) is 0 Å². The van der Waals surface area contributed by atoms with Crippen molar-refractivity contribution in [3.63, 3.8) is 0 Å². The summed E-state index contributed by atoms with van der Waals surface area (Å²) < 4.78 is 4.15. The van der Waals surface area contributed by atoms with Crippen LogP contribution in [0.4, 0.5) is 5.69 Å². The molecule has 2 aromatic rings. The molecule has 3 aliphatic rings. The number of carbonyl (C=O) groups is 1. The van der Waals surface area contributed by atoms with Crippen molar-refractivity contribution in [1.82, 2.24) is 24.5 Å². The number of aromatic nitrogens is 4. The van der Waals surface area contributed by atoms with Crippen molar-refractivity contribution in [1.29, 1.82) is 0 Å². The van der Waals surface area contributed by atoms with E-state index in [1.165, 1.54) is 29.8 Å². The number of likely N-dealkylation sites (tertiary alicyclic amines) is 1. The monoisotopic (exact) mass is 354 g/mol. The van der Waals surface area contributed by atoms with Gasteiger partial charge in [0.1, 0.15) is 0 Å². The topological polar surface area (TPSA) is 59.2 Å². The zero-order chi connectivity index (χ0) is 17.7. The van der Waals surface area contributed by atoms with Gasteiger partial charge >= 0.3 is 0 Å². The number of anilines is 1. The first kappa shape index (κ1) is 16.1. The molecule has 0 spiro atoms. The standard InChI is InChI=1S/C19H26N6O/c1-22-18(16-4-2-5-17(16)21-22)13-23-9-7-14(11-23)25-12-15(10-20-25)24-8-3-6-19(24)26/h10,12,14H,2-9,11,13H2,1H3. The lowest BCUT2D eigenvalue weighted by molar-refractivity contribution is -0.117. The number of fused-ring (bicyclic) bond motifs is 1. The number of hydrogen-bond acceptors (Lipinski definition) is 4. The van der Waals surface area contributed by atoms with Gasteiger partial charge in [-0.15, -0.1) is 0 Å². The van der Waals surface area contributed by atoms with Gasteiger partial charge in [0.2, 0.25) is 5.91 Å². The van der Waals surface area contributed by atoms with E-state index < -0.39 is 0 Å². The zero-order valence-electron chi connectivity index (χ0n) is 15.4. The molecule has 26 heavy (non-hydrogen) atoms. The van der Waals surface area contributed by atoms with Crippen LogP contribution in [0.3, 0.4) is 0 Å². The zero-order valence-corrected chi connectivity index (χ0v) is 15.4. The van der Waals surface area contributed by atoms with Crippen LogP contribution in [0.25, 0.3) is 0 Å². The van der Waals surface area contributed by atoms with Crippen LogP contribution in [0.2, 0.25) is 0 Å². The minimum Gasteiger partial charge on any atom is -0.309 e. The molecule has 7 nitrogen and oxygen atoms in total. The first-order valence-electron chi connectivity index (χ1n) is 9.79. The van der Waals surface area contributed by atoms with Crippen molar-refractivity contribution in [3.05, 3.63) is 29.3 Å².